The predicted octanol–water partition coefficient (Wildman–Crippen LogP) is 4.51. The average Bonchev–Trinajstić information content (AvgIpc) is 3.16. The number of carbonyl (C=O) groups excluding carboxylic acids is 1. The zero-order valence-electron chi connectivity index (χ0n) is 15.6. The maximum absolute atomic E-state index is 12.5. The number of hydrogen-bond donors (Lipinski definition) is 0. The van der Waals surface area contributed by atoms with Crippen molar-refractivity contribution in [3.63, 3.8) is 0 Å². The van der Waals surface area contributed by atoms with Crippen molar-refractivity contribution in [3.8, 4) is 0 Å². The Morgan fingerprint density at radius 3 is 2.30 bits per heavy atom. The summed E-state index contributed by atoms with van der Waals surface area (Å²) in [5.41, 5.74) is 4.86. The van der Waals surface area contributed by atoms with Crippen LogP contribution in [-0.4, -0.2) is 21.0 Å². The van der Waals surface area contributed by atoms with Crippen LogP contribution in [0, 0.1) is 13.8 Å². The van der Waals surface area contributed by atoms with Gasteiger partial charge in [-0.1, -0.05) is 54.6 Å². The molecule has 0 aliphatic heterocycles. The lowest BCUT2D eigenvalue weighted by Gasteiger charge is -2.10. The predicted molar refractivity (Wildman–Crippen MR) is 105 cm³/mol. The van der Waals surface area contributed by atoms with E-state index in [-0.39, 0.29) is 12.6 Å². The van der Waals surface area contributed by atoms with Crippen LogP contribution in [0.5, 0.6) is 0 Å². The summed E-state index contributed by atoms with van der Waals surface area (Å²) in [5, 5.41) is 11.4. The summed E-state index contributed by atoms with van der Waals surface area (Å²) >= 11 is 0. The van der Waals surface area contributed by atoms with Crippen LogP contribution in [-0.2, 0) is 16.1 Å². The zero-order valence-corrected chi connectivity index (χ0v) is 15.6. The Morgan fingerprint density at radius 2 is 1.56 bits per heavy atom. The van der Waals surface area contributed by atoms with E-state index < -0.39 is 6.04 Å². The van der Waals surface area contributed by atoms with E-state index in [2.05, 4.69) is 23.2 Å². The summed E-state index contributed by atoms with van der Waals surface area (Å²) in [7, 11) is 0. The Balaban J connectivity index is 1.66. The third kappa shape index (κ3) is 3.05. The quantitative estimate of drug-likeness (QED) is 0.503. The van der Waals surface area contributed by atoms with E-state index in [0.29, 0.717) is 0 Å². The van der Waals surface area contributed by atoms with E-state index in [9.17, 15) is 4.79 Å². The number of hydrogen-bond acceptors (Lipinski definition) is 4. The van der Waals surface area contributed by atoms with Crippen LogP contribution < -0.4 is 0 Å². The number of aryl methyl sites for hydroxylation is 2. The number of nitrogens with zero attached hydrogens (tertiary/aromatic N) is 3. The molecular formula is C22H21N3O2. The highest BCUT2D eigenvalue weighted by Crippen LogP contribution is 2.30. The average molecular weight is 359 g/mol. The molecule has 0 spiro atoms. The summed E-state index contributed by atoms with van der Waals surface area (Å²) in [4.78, 5) is 14.0. The first-order chi connectivity index (χ1) is 13.1. The molecule has 1 heterocycles. The van der Waals surface area contributed by atoms with Gasteiger partial charge in [0.15, 0.2) is 6.04 Å². The molecule has 0 N–H and O–H groups in total. The normalized spacial score (nSPS) is 12.4. The van der Waals surface area contributed by atoms with Gasteiger partial charge in [0.05, 0.1) is 0 Å². The molecule has 1 aromatic heterocycles. The fourth-order valence-corrected chi connectivity index (χ4v) is 3.27. The van der Waals surface area contributed by atoms with Gasteiger partial charge in [0.1, 0.15) is 17.6 Å². The molecule has 0 radical (unpaired) electrons. The molecule has 4 aromatic rings. The summed E-state index contributed by atoms with van der Waals surface area (Å²) in [6, 6.07) is 17.2. The Hall–Kier alpha value is -3.21. The SMILES string of the molecule is Cc1c(C)c2nn(C(C)C(=O)OCc3ccccc3)nc2c2ccccc12. The topological polar surface area (TPSA) is 57.0 Å². The third-order valence-electron chi connectivity index (χ3n) is 5.04. The molecule has 1 unspecified atom stereocenters. The molecule has 0 saturated heterocycles. The van der Waals surface area contributed by atoms with Gasteiger partial charge in [-0.3, -0.25) is 0 Å². The number of fused-ring (bicyclic) bond motifs is 3. The number of ether oxygens (including phenoxy) is 1. The van der Waals surface area contributed by atoms with Crippen molar-refractivity contribution in [2.45, 2.75) is 33.4 Å². The Morgan fingerprint density at radius 1 is 0.926 bits per heavy atom. The molecule has 27 heavy (non-hydrogen) atoms. The van der Waals surface area contributed by atoms with Crippen LogP contribution in [0.2, 0.25) is 0 Å². The van der Waals surface area contributed by atoms with Gasteiger partial charge in [-0.25, -0.2) is 4.79 Å². The van der Waals surface area contributed by atoms with Crippen molar-refractivity contribution in [2.24, 2.45) is 0 Å². The van der Waals surface area contributed by atoms with Gasteiger partial charge >= 0.3 is 5.97 Å². The fourth-order valence-electron chi connectivity index (χ4n) is 3.27. The second-order valence-electron chi connectivity index (χ2n) is 6.78. The van der Waals surface area contributed by atoms with Gasteiger partial charge in [-0.2, -0.15) is 15.0 Å². The summed E-state index contributed by atoms with van der Waals surface area (Å²) in [6.07, 6.45) is 0. The first kappa shape index (κ1) is 17.2. The molecule has 1 atom stereocenters. The number of carbonyl (C=O) groups is 1. The number of benzene rings is 3. The lowest BCUT2D eigenvalue weighted by molar-refractivity contribution is -0.149. The Kier molecular flexibility index (Phi) is 4.36. The number of esters is 1. The van der Waals surface area contributed by atoms with Gasteiger partial charge in [-0.05, 0) is 42.8 Å². The maximum atomic E-state index is 12.5. The summed E-state index contributed by atoms with van der Waals surface area (Å²) < 4.78 is 5.44. The van der Waals surface area contributed by atoms with Gasteiger partial charge < -0.3 is 4.74 Å². The van der Waals surface area contributed by atoms with Crippen LogP contribution in [0.3, 0.4) is 0 Å². The molecule has 3 aromatic carbocycles. The number of rotatable bonds is 4. The Bertz CT molecular complexity index is 1130. The molecule has 0 saturated carbocycles. The van der Waals surface area contributed by atoms with Crippen molar-refractivity contribution in [1.29, 1.82) is 0 Å². The minimum Gasteiger partial charge on any atom is -0.459 e. The zero-order chi connectivity index (χ0) is 19.0. The molecule has 5 heteroatoms. The molecule has 136 valence electrons. The second-order valence-corrected chi connectivity index (χ2v) is 6.78. The maximum Gasteiger partial charge on any atom is 0.332 e. The van der Waals surface area contributed by atoms with E-state index >= 15 is 0 Å². The largest absolute Gasteiger partial charge is 0.459 e. The monoisotopic (exact) mass is 359 g/mol. The van der Waals surface area contributed by atoms with Crippen LogP contribution >= 0.6 is 0 Å². The van der Waals surface area contributed by atoms with Crippen molar-refractivity contribution >= 4 is 27.8 Å². The van der Waals surface area contributed by atoms with Gasteiger partial charge in [-0.15, -0.1) is 0 Å². The fraction of sp³-hybridized carbons (Fsp3) is 0.227. The van der Waals surface area contributed by atoms with Gasteiger partial charge in [0, 0.05) is 5.39 Å². The molecule has 0 amide bonds. The molecule has 0 bridgehead atoms. The third-order valence-corrected chi connectivity index (χ3v) is 5.04. The molecular weight excluding hydrogens is 338 g/mol. The lowest BCUT2D eigenvalue weighted by Crippen LogP contribution is -2.21. The second kappa shape index (κ2) is 6.83. The highest BCUT2D eigenvalue weighted by molar-refractivity contribution is 6.07. The van der Waals surface area contributed by atoms with Crippen LogP contribution in [0.25, 0.3) is 21.8 Å². The molecule has 0 fully saturated rings. The molecule has 5 nitrogen and oxygen atoms in total. The van der Waals surface area contributed by atoms with Gasteiger partial charge in [0.25, 0.3) is 0 Å². The Labute approximate surface area is 157 Å². The van der Waals surface area contributed by atoms with Crippen molar-refractivity contribution in [1.82, 2.24) is 15.0 Å². The van der Waals surface area contributed by atoms with E-state index in [1.165, 1.54) is 10.4 Å². The minimum absolute atomic E-state index is 0.242. The first-order valence-corrected chi connectivity index (χ1v) is 9.01. The van der Waals surface area contributed by atoms with Crippen molar-refractivity contribution in [2.75, 3.05) is 0 Å². The van der Waals surface area contributed by atoms with Crippen molar-refractivity contribution in [3.05, 3.63) is 71.3 Å². The summed E-state index contributed by atoms with van der Waals surface area (Å²) in [5.74, 6) is -0.349. The van der Waals surface area contributed by atoms with Crippen LogP contribution in [0.1, 0.15) is 29.7 Å². The van der Waals surface area contributed by atoms with Crippen LogP contribution in [0.15, 0.2) is 54.6 Å². The highest BCUT2D eigenvalue weighted by Gasteiger charge is 2.21. The lowest BCUT2D eigenvalue weighted by atomic mass is 9.99. The first-order valence-electron chi connectivity index (χ1n) is 9.01. The van der Waals surface area contributed by atoms with E-state index in [1.54, 1.807) is 6.92 Å². The van der Waals surface area contributed by atoms with Crippen LogP contribution in [0.4, 0.5) is 0 Å². The molecule has 0 aliphatic carbocycles. The molecule has 4 rings (SSSR count). The smallest absolute Gasteiger partial charge is 0.332 e. The summed E-state index contributed by atoms with van der Waals surface area (Å²) in [6.45, 7) is 6.14. The van der Waals surface area contributed by atoms with E-state index in [0.717, 1.165) is 32.9 Å². The van der Waals surface area contributed by atoms with E-state index in [4.69, 9.17) is 4.74 Å². The van der Waals surface area contributed by atoms with Crippen molar-refractivity contribution < 1.29 is 9.53 Å². The standard InChI is InChI=1S/C22H21N3O2/c1-14-15(2)20-21(19-12-8-7-11-18(14)19)24-25(23-20)16(3)22(26)27-13-17-9-5-4-6-10-17/h4-12,16H,13H2,1-3H3. The van der Waals surface area contributed by atoms with E-state index in [1.807, 2.05) is 55.5 Å². The number of aromatic nitrogens is 3. The highest BCUT2D eigenvalue weighted by atomic mass is 16.5. The molecule has 0 aliphatic rings. The minimum atomic E-state index is -0.598. The van der Waals surface area contributed by atoms with Gasteiger partial charge in [0.2, 0.25) is 0 Å².